The highest BCUT2D eigenvalue weighted by Crippen LogP contribution is 2.34. The normalized spacial score (nSPS) is 16.5. The van der Waals surface area contributed by atoms with Crippen molar-refractivity contribution in [3.63, 3.8) is 0 Å². The second-order valence-electron chi connectivity index (χ2n) is 9.02. The maximum Gasteiger partial charge on any atom is 0.267 e. The van der Waals surface area contributed by atoms with Crippen molar-refractivity contribution in [3.05, 3.63) is 65.2 Å². The maximum atomic E-state index is 13.6. The molecule has 1 atom stereocenters. The molecular formula is C26H23N7O4. The summed E-state index contributed by atoms with van der Waals surface area (Å²) in [4.78, 5) is 25.0. The summed E-state index contributed by atoms with van der Waals surface area (Å²) in [6, 6.07) is 13.4. The standard InChI is InChI=1S/C26H23N7O4/c1-32-14-16(37-20-5-3-2-4-19(20)32)11-27-26-28-12-17-23-18(13-29-31-23)25(34)33(24(17)30-26)15-6-7-21-22(10-15)36-9-8-35-21/h2-7,10,12-13,16H,8-9,11,14H2,1H3,(H,29,31)(H,27,28,30). The van der Waals surface area contributed by atoms with Gasteiger partial charge < -0.3 is 24.4 Å². The van der Waals surface area contributed by atoms with Gasteiger partial charge >= 0.3 is 0 Å². The Morgan fingerprint density at radius 1 is 1.08 bits per heavy atom. The molecule has 5 heterocycles. The van der Waals surface area contributed by atoms with Crippen molar-refractivity contribution in [2.24, 2.45) is 0 Å². The van der Waals surface area contributed by atoms with E-state index in [1.54, 1.807) is 29.1 Å². The van der Waals surface area contributed by atoms with Crippen LogP contribution in [0.2, 0.25) is 0 Å². The lowest BCUT2D eigenvalue weighted by Gasteiger charge is -2.33. The van der Waals surface area contributed by atoms with E-state index in [0.29, 0.717) is 71.4 Å². The molecule has 0 radical (unpaired) electrons. The zero-order valence-electron chi connectivity index (χ0n) is 20.0. The molecule has 11 heteroatoms. The highest BCUT2D eigenvalue weighted by molar-refractivity contribution is 6.02. The number of nitrogens with one attached hydrogen (secondary N) is 2. The van der Waals surface area contributed by atoms with Gasteiger partial charge in [0.25, 0.3) is 5.56 Å². The topological polar surface area (TPSA) is 119 Å². The number of benzene rings is 2. The summed E-state index contributed by atoms with van der Waals surface area (Å²) in [5.41, 5.74) is 2.39. The largest absolute Gasteiger partial charge is 0.486 e. The first kappa shape index (κ1) is 21.5. The van der Waals surface area contributed by atoms with E-state index in [9.17, 15) is 4.79 Å². The third kappa shape index (κ3) is 3.58. The minimum absolute atomic E-state index is 0.104. The van der Waals surface area contributed by atoms with Crippen LogP contribution in [0.4, 0.5) is 11.6 Å². The minimum Gasteiger partial charge on any atom is -0.486 e. The monoisotopic (exact) mass is 497 g/mol. The summed E-state index contributed by atoms with van der Waals surface area (Å²) in [5.74, 6) is 2.46. The fraction of sp³-hybridized carbons (Fsp3) is 0.231. The van der Waals surface area contributed by atoms with Crippen molar-refractivity contribution >= 4 is 33.6 Å². The number of aromatic amines is 1. The smallest absolute Gasteiger partial charge is 0.267 e. The average molecular weight is 498 g/mol. The van der Waals surface area contributed by atoms with Gasteiger partial charge in [-0.15, -0.1) is 0 Å². The van der Waals surface area contributed by atoms with Gasteiger partial charge in [-0.3, -0.25) is 14.5 Å². The quantitative estimate of drug-likeness (QED) is 0.386. The lowest BCUT2D eigenvalue weighted by Crippen LogP contribution is -2.41. The molecule has 2 aliphatic rings. The molecule has 0 saturated heterocycles. The van der Waals surface area contributed by atoms with Gasteiger partial charge in [0, 0.05) is 25.5 Å². The lowest BCUT2D eigenvalue weighted by atomic mass is 10.2. The van der Waals surface area contributed by atoms with E-state index in [1.807, 2.05) is 37.4 Å². The zero-order valence-corrected chi connectivity index (χ0v) is 20.0. The summed E-state index contributed by atoms with van der Waals surface area (Å²) in [7, 11) is 2.04. The first-order chi connectivity index (χ1) is 18.2. The van der Waals surface area contributed by atoms with Crippen molar-refractivity contribution < 1.29 is 14.2 Å². The highest BCUT2D eigenvalue weighted by Gasteiger charge is 2.24. The Bertz CT molecular complexity index is 1710. The predicted octanol–water partition coefficient (Wildman–Crippen LogP) is 2.74. The van der Waals surface area contributed by atoms with E-state index in [4.69, 9.17) is 19.2 Å². The second kappa shape index (κ2) is 8.40. The van der Waals surface area contributed by atoms with E-state index in [2.05, 4.69) is 25.4 Å². The maximum absolute atomic E-state index is 13.6. The van der Waals surface area contributed by atoms with Crippen LogP contribution < -0.4 is 30.0 Å². The van der Waals surface area contributed by atoms with Crippen LogP contribution in [-0.2, 0) is 0 Å². The first-order valence-corrected chi connectivity index (χ1v) is 12.0. The summed E-state index contributed by atoms with van der Waals surface area (Å²) in [6.07, 6.45) is 3.17. The molecule has 0 bridgehead atoms. The van der Waals surface area contributed by atoms with Crippen molar-refractivity contribution in [2.75, 3.05) is 43.6 Å². The number of hydrogen-bond donors (Lipinski definition) is 2. The van der Waals surface area contributed by atoms with Gasteiger partial charge in [0.1, 0.15) is 30.6 Å². The van der Waals surface area contributed by atoms with E-state index < -0.39 is 0 Å². The van der Waals surface area contributed by atoms with Gasteiger partial charge in [-0.05, 0) is 24.3 Å². The highest BCUT2D eigenvalue weighted by atomic mass is 16.6. The van der Waals surface area contributed by atoms with Crippen LogP contribution in [0.3, 0.4) is 0 Å². The third-order valence-electron chi connectivity index (χ3n) is 6.63. The molecule has 5 aromatic rings. The summed E-state index contributed by atoms with van der Waals surface area (Å²) in [5, 5.41) is 11.5. The summed E-state index contributed by atoms with van der Waals surface area (Å²) in [6.45, 7) is 2.15. The zero-order chi connectivity index (χ0) is 24.9. The number of aromatic nitrogens is 5. The van der Waals surface area contributed by atoms with Gasteiger partial charge in [0.2, 0.25) is 5.95 Å². The fourth-order valence-corrected chi connectivity index (χ4v) is 4.89. The number of pyridine rings is 1. The fourth-order valence-electron chi connectivity index (χ4n) is 4.89. The van der Waals surface area contributed by atoms with Crippen LogP contribution in [0.5, 0.6) is 17.2 Å². The van der Waals surface area contributed by atoms with Gasteiger partial charge in [-0.25, -0.2) is 4.98 Å². The van der Waals surface area contributed by atoms with E-state index in [0.717, 1.165) is 11.4 Å². The molecule has 186 valence electrons. The van der Waals surface area contributed by atoms with Crippen molar-refractivity contribution in [3.8, 4) is 22.9 Å². The second-order valence-corrected chi connectivity index (χ2v) is 9.02. The molecule has 2 aromatic carbocycles. The Morgan fingerprint density at radius 2 is 1.95 bits per heavy atom. The van der Waals surface area contributed by atoms with E-state index in [1.165, 1.54) is 0 Å². The molecule has 37 heavy (non-hydrogen) atoms. The predicted molar refractivity (Wildman–Crippen MR) is 138 cm³/mol. The van der Waals surface area contributed by atoms with Gasteiger partial charge in [0.15, 0.2) is 17.1 Å². The Balaban J connectivity index is 1.27. The molecule has 1 unspecified atom stereocenters. The van der Waals surface area contributed by atoms with Crippen LogP contribution in [0.25, 0.3) is 27.6 Å². The van der Waals surface area contributed by atoms with Crippen LogP contribution in [-0.4, -0.2) is 64.2 Å². The van der Waals surface area contributed by atoms with Crippen LogP contribution >= 0.6 is 0 Å². The average Bonchev–Trinajstić information content (AvgIpc) is 3.43. The van der Waals surface area contributed by atoms with E-state index in [-0.39, 0.29) is 11.7 Å². The molecule has 11 nitrogen and oxygen atoms in total. The number of ether oxygens (including phenoxy) is 3. The number of likely N-dealkylation sites (N-methyl/N-ethyl adjacent to an activating group) is 1. The number of fused-ring (bicyclic) bond motifs is 5. The number of hydrogen-bond acceptors (Lipinski definition) is 9. The van der Waals surface area contributed by atoms with Crippen molar-refractivity contribution in [2.45, 2.75) is 6.10 Å². The van der Waals surface area contributed by atoms with Gasteiger partial charge in [-0.2, -0.15) is 10.1 Å². The van der Waals surface area contributed by atoms with Gasteiger partial charge in [-0.1, -0.05) is 12.1 Å². The Labute approximate surface area is 210 Å². The summed E-state index contributed by atoms with van der Waals surface area (Å²) < 4.78 is 19.1. The van der Waals surface area contributed by atoms with Crippen LogP contribution in [0, 0.1) is 0 Å². The lowest BCUT2D eigenvalue weighted by molar-refractivity contribution is 0.171. The Kier molecular flexibility index (Phi) is 4.88. The molecule has 0 aliphatic carbocycles. The molecule has 0 amide bonds. The Hall–Kier alpha value is -4.80. The minimum atomic E-state index is -0.244. The molecule has 3 aromatic heterocycles. The molecule has 2 aliphatic heterocycles. The number of rotatable bonds is 4. The first-order valence-electron chi connectivity index (χ1n) is 12.0. The SMILES string of the molecule is CN1CC(CNc2ncc3c4n[nH]cc4c(=O)n(-c4ccc5c(c4)OCCO5)c3n2)Oc2ccccc21. The molecule has 7 rings (SSSR count). The molecular weight excluding hydrogens is 474 g/mol. The third-order valence-corrected chi connectivity index (χ3v) is 6.63. The number of para-hydroxylation sites is 2. The van der Waals surface area contributed by atoms with Crippen molar-refractivity contribution in [1.29, 1.82) is 0 Å². The Morgan fingerprint density at radius 3 is 2.86 bits per heavy atom. The molecule has 0 saturated carbocycles. The molecule has 2 N–H and O–H groups in total. The number of nitrogens with zero attached hydrogens (tertiary/aromatic N) is 5. The number of anilines is 2. The van der Waals surface area contributed by atoms with Crippen molar-refractivity contribution in [1.82, 2.24) is 24.7 Å². The molecule has 0 spiro atoms. The number of H-pyrrole nitrogens is 1. The van der Waals surface area contributed by atoms with Gasteiger partial charge in [0.05, 0.1) is 35.2 Å². The summed E-state index contributed by atoms with van der Waals surface area (Å²) >= 11 is 0. The van der Waals surface area contributed by atoms with E-state index >= 15 is 0 Å². The van der Waals surface area contributed by atoms with Crippen LogP contribution in [0.15, 0.2) is 59.7 Å². The van der Waals surface area contributed by atoms with Crippen LogP contribution in [0.1, 0.15) is 0 Å². The molecule has 0 fully saturated rings.